The molecule has 3 aromatic rings. The van der Waals surface area contributed by atoms with Crippen LogP contribution in [0, 0.1) is 5.82 Å². The van der Waals surface area contributed by atoms with Crippen LogP contribution < -0.4 is 10.1 Å². The van der Waals surface area contributed by atoms with E-state index in [1.54, 1.807) is 24.3 Å². The number of hydrogen-bond acceptors (Lipinski definition) is 3. The molecule has 0 heterocycles. The lowest BCUT2D eigenvalue weighted by molar-refractivity contribution is -0.143. The Morgan fingerprint density at radius 2 is 1.63 bits per heavy atom. The summed E-state index contributed by atoms with van der Waals surface area (Å²) in [5.74, 6) is -0.382. The van der Waals surface area contributed by atoms with Gasteiger partial charge in [-0.15, -0.1) is 0 Å². The van der Waals surface area contributed by atoms with Crippen molar-refractivity contribution in [2.45, 2.75) is 45.3 Å². The zero-order chi connectivity index (χ0) is 25.2. The van der Waals surface area contributed by atoms with Gasteiger partial charge in [0.2, 0.25) is 5.91 Å². The van der Waals surface area contributed by atoms with E-state index >= 15 is 0 Å². The second-order valence-corrected chi connectivity index (χ2v) is 9.33. The molecule has 1 N–H and O–H groups in total. The lowest BCUT2D eigenvalue weighted by atomic mass is 10.0. The summed E-state index contributed by atoms with van der Waals surface area (Å²) in [6.07, 6.45) is 1.11. The number of halogens is 2. The van der Waals surface area contributed by atoms with Crippen LogP contribution in [0.4, 0.5) is 4.39 Å². The number of amides is 2. The Morgan fingerprint density at radius 3 is 2.26 bits per heavy atom. The molecule has 0 bridgehead atoms. The topological polar surface area (TPSA) is 58.6 Å². The van der Waals surface area contributed by atoms with Gasteiger partial charge in [-0.3, -0.25) is 9.59 Å². The van der Waals surface area contributed by atoms with E-state index in [2.05, 4.69) is 21.2 Å². The molecule has 3 rings (SSSR count). The van der Waals surface area contributed by atoms with Crippen LogP contribution >= 0.6 is 15.9 Å². The minimum Gasteiger partial charge on any atom is -0.484 e. The van der Waals surface area contributed by atoms with Crippen LogP contribution in [0.3, 0.4) is 0 Å². The van der Waals surface area contributed by atoms with Crippen LogP contribution in [-0.2, 0) is 22.6 Å². The summed E-state index contributed by atoms with van der Waals surface area (Å²) in [5.41, 5.74) is 1.65. The lowest BCUT2D eigenvalue weighted by Crippen LogP contribution is -2.53. The summed E-state index contributed by atoms with van der Waals surface area (Å²) in [7, 11) is 0. The number of carbonyl (C=O) groups is 2. The van der Waals surface area contributed by atoms with Crippen molar-refractivity contribution >= 4 is 27.7 Å². The number of nitrogens with zero attached hydrogens (tertiary/aromatic N) is 1. The van der Waals surface area contributed by atoms with Crippen molar-refractivity contribution in [2.24, 2.45) is 0 Å². The fourth-order valence-electron chi connectivity index (χ4n) is 3.54. The normalized spacial score (nSPS) is 12.5. The monoisotopic (exact) mass is 540 g/mol. The van der Waals surface area contributed by atoms with E-state index in [4.69, 9.17) is 4.74 Å². The molecule has 0 aliphatic rings. The number of nitrogens with one attached hydrogen (secondary N) is 1. The number of carbonyl (C=O) groups excluding carboxylic acids is 2. The number of rotatable bonds is 11. The highest BCUT2D eigenvalue weighted by Crippen LogP contribution is 2.18. The molecule has 3 aromatic carbocycles. The summed E-state index contributed by atoms with van der Waals surface area (Å²) >= 11 is 3.38. The largest absolute Gasteiger partial charge is 0.484 e. The summed E-state index contributed by atoms with van der Waals surface area (Å²) in [4.78, 5) is 28.4. The van der Waals surface area contributed by atoms with E-state index in [0.29, 0.717) is 12.2 Å². The van der Waals surface area contributed by atoms with E-state index in [-0.39, 0.29) is 36.8 Å². The van der Waals surface area contributed by atoms with Crippen molar-refractivity contribution in [2.75, 3.05) is 6.61 Å². The molecule has 0 aromatic heterocycles. The zero-order valence-corrected chi connectivity index (χ0v) is 21.5. The van der Waals surface area contributed by atoms with Crippen LogP contribution in [0.15, 0.2) is 83.3 Å². The smallest absolute Gasteiger partial charge is 0.261 e. The molecule has 2 amide bonds. The second kappa shape index (κ2) is 13.0. The van der Waals surface area contributed by atoms with Crippen LogP contribution in [0.2, 0.25) is 0 Å². The first-order valence-corrected chi connectivity index (χ1v) is 12.4. The average Bonchev–Trinajstić information content (AvgIpc) is 2.87. The molecular formula is C28H30BrFN2O3. The van der Waals surface area contributed by atoms with Gasteiger partial charge in [-0.2, -0.15) is 0 Å². The maximum Gasteiger partial charge on any atom is 0.261 e. The quantitative estimate of drug-likeness (QED) is 0.348. The molecule has 35 heavy (non-hydrogen) atoms. The summed E-state index contributed by atoms with van der Waals surface area (Å²) < 4.78 is 20.1. The molecule has 0 aliphatic heterocycles. The van der Waals surface area contributed by atoms with Crippen LogP contribution in [0.25, 0.3) is 0 Å². The zero-order valence-electron chi connectivity index (χ0n) is 19.9. The molecular weight excluding hydrogens is 511 g/mol. The molecule has 0 spiro atoms. The molecule has 184 valence electrons. The first-order chi connectivity index (χ1) is 16.9. The highest BCUT2D eigenvalue weighted by atomic mass is 79.9. The fourth-order valence-corrected chi connectivity index (χ4v) is 3.80. The van der Waals surface area contributed by atoms with Crippen molar-refractivity contribution in [3.05, 3.63) is 100 Å². The van der Waals surface area contributed by atoms with Crippen molar-refractivity contribution < 1.29 is 18.7 Å². The van der Waals surface area contributed by atoms with Gasteiger partial charge < -0.3 is 15.0 Å². The molecule has 0 fully saturated rings. The van der Waals surface area contributed by atoms with Crippen LogP contribution in [0.5, 0.6) is 5.75 Å². The van der Waals surface area contributed by atoms with Gasteiger partial charge in [0, 0.05) is 23.5 Å². The maximum atomic E-state index is 13.5. The second-order valence-electron chi connectivity index (χ2n) is 8.41. The van der Waals surface area contributed by atoms with Crippen molar-refractivity contribution in [1.82, 2.24) is 10.2 Å². The lowest BCUT2D eigenvalue weighted by Gasteiger charge is -2.32. The van der Waals surface area contributed by atoms with E-state index in [9.17, 15) is 14.0 Å². The third-order valence-corrected chi connectivity index (χ3v) is 6.24. The molecule has 0 saturated carbocycles. The van der Waals surface area contributed by atoms with Crippen LogP contribution in [-0.4, -0.2) is 35.4 Å². The van der Waals surface area contributed by atoms with Crippen molar-refractivity contribution in [1.29, 1.82) is 0 Å². The minimum atomic E-state index is -0.766. The Bertz CT molecular complexity index is 1090. The number of hydrogen-bond donors (Lipinski definition) is 1. The first-order valence-electron chi connectivity index (χ1n) is 11.6. The summed E-state index contributed by atoms with van der Waals surface area (Å²) in [5, 5.41) is 3.02. The average molecular weight is 541 g/mol. The highest BCUT2D eigenvalue weighted by molar-refractivity contribution is 9.10. The third kappa shape index (κ3) is 8.21. The Kier molecular flexibility index (Phi) is 9.85. The Hall–Kier alpha value is -3.19. The SMILES string of the molecule is CC[C@@H](C)NC(=O)[C@@H](Cc1ccccc1)N(Cc1ccc(F)cc1)C(=O)COc1ccc(Br)cc1. The van der Waals surface area contributed by atoms with Gasteiger partial charge in [-0.1, -0.05) is 65.3 Å². The molecule has 7 heteroatoms. The Labute approximate surface area is 214 Å². The summed E-state index contributed by atoms with van der Waals surface area (Å²) in [6.45, 7) is 3.84. The predicted octanol–water partition coefficient (Wildman–Crippen LogP) is 5.52. The van der Waals surface area contributed by atoms with Gasteiger partial charge in [0.1, 0.15) is 17.6 Å². The van der Waals surface area contributed by atoms with Gasteiger partial charge in [-0.05, 0) is 60.9 Å². The Morgan fingerprint density at radius 1 is 0.971 bits per heavy atom. The van der Waals surface area contributed by atoms with Gasteiger partial charge in [-0.25, -0.2) is 4.39 Å². The van der Waals surface area contributed by atoms with Gasteiger partial charge in [0.05, 0.1) is 0 Å². The van der Waals surface area contributed by atoms with E-state index in [0.717, 1.165) is 22.0 Å². The van der Waals surface area contributed by atoms with Gasteiger partial charge >= 0.3 is 0 Å². The molecule has 0 aliphatic carbocycles. The first kappa shape index (κ1) is 26.4. The minimum absolute atomic E-state index is 0.0393. The fraction of sp³-hybridized carbons (Fsp3) is 0.286. The molecule has 0 unspecified atom stereocenters. The number of ether oxygens (including phenoxy) is 1. The van der Waals surface area contributed by atoms with E-state index < -0.39 is 6.04 Å². The third-order valence-electron chi connectivity index (χ3n) is 5.71. The van der Waals surface area contributed by atoms with Crippen LogP contribution in [0.1, 0.15) is 31.4 Å². The van der Waals surface area contributed by atoms with E-state index in [1.165, 1.54) is 17.0 Å². The predicted molar refractivity (Wildman–Crippen MR) is 138 cm³/mol. The standard InChI is InChI=1S/C28H30BrFN2O3/c1-3-20(2)31-28(34)26(17-21-7-5-4-6-8-21)32(18-22-9-13-24(30)14-10-22)27(33)19-35-25-15-11-23(29)12-16-25/h4-16,20,26H,3,17-19H2,1-2H3,(H,31,34)/t20-,26-/m1/s1. The molecule has 0 saturated heterocycles. The molecule has 0 radical (unpaired) electrons. The summed E-state index contributed by atoms with van der Waals surface area (Å²) in [6, 6.07) is 21.9. The number of benzene rings is 3. The highest BCUT2D eigenvalue weighted by Gasteiger charge is 2.31. The van der Waals surface area contributed by atoms with Gasteiger partial charge in [0.25, 0.3) is 5.91 Å². The molecule has 2 atom stereocenters. The van der Waals surface area contributed by atoms with Gasteiger partial charge in [0.15, 0.2) is 6.61 Å². The van der Waals surface area contributed by atoms with E-state index in [1.807, 2.05) is 56.3 Å². The maximum absolute atomic E-state index is 13.5. The van der Waals surface area contributed by atoms with Crippen molar-refractivity contribution in [3.63, 3.8) is 0 Å². The Balaban J connectivity index is 1.89. The molecule has 5 nitrogen and oxygen atoms in total. The van der Waals surface area contributed by atoms with Crippen molar-refractivity contribution in [3.8, 4) is 5.75 Å².